The van der Waals surface area contributed by atoms with Crippen LogP contribution in [0.5, 0.6) is 0 Å². The Morgan fingerprint density at radius 1 is 1.21 bits per heavy atom. The van der Waals surface area contributed by atoms with E-state index in [4.69, 9.17) is 0 Å². The molecule has 74 valence electrons. The molecule has 2 aromatic rings. The van der Waals surface area contributed by atoms with Crippen molar-refractivity contribution in [2.45, 2.75) is 20.3 Å². The average molecular weight is 189 g/mol. The first-order valence-electron chi connectivity index (χ1n) is 5.09. The molecule has 1 aromatic heterocycles. The van der Waals surface area contributed by atoms with E-state index >= 15 is 0 Å². The van der Waals surface area contributed by atoms with Crippen LogP contribution in [0.3, 0.4) is 0 Å². The maximum atomic E-state index is 3.91. The molecule has 2 nitrogen and oxygen atoms in total. The van der Waals surface area contributed by atoms with Crippen LogP contribution in [0.1, 0.15) is 16.7 Å². The second-order valence-corrected chi connectivity index (χ2v) is 3.87. The Labute approximate surface area is 84.1 Å². The van der Waals surface area contributed by atoms with Crippen LogP contribution in [0.2, 0.25) is 0 Å². The minimum atomic E-state index is 0.959. The lowest BCUT2D eigenvalue weighted by molar-refractivity contribution is -0.366. The van der Waals surface area contributed by atoms with Crippen LogP contribution in [-0.2, 0) is 6.42 Å². The SMILES string of the molecule is Cc1ccc(C)c2c(CC[NH3+])c[nH]c12. The minimum Gasteiger partial charge on any atom is -0.361 e. The second kappa shape index (κ2) is 3.46. The summed E-state index contributed by atoms with van der Waals surface area (Å²) in [5.41, 5.74) is 9.27. The number of nitrogens with one attached hydrogen (secondary N) is 1. The standard InChI is InChI=1S/C12H16N2/c1-8-3-4-9(2)12-11(8)10(5-6-13)7-14-12/h3-4,7,14H,5-6,13H2,1-2H3/p+1. The first-order valence-corrected chi connectivity index (χ1v) is 5.09. The third-order valence-corrected chi connectivity index (χ3v) is 2.78. The number of aromatic nitrogens is 1. The van der Waals surface area contributed by atoms with Gasteiger partial charge in [0, 0.05) is 23.5 Å². The lowest BCUT2D eigenvalue weighted by Crippen LogP contribution is -2.51. The van der Waals surface area contributed by atoms with E-state index in [2.05, 4.69) is 42.9 Å². The van der Waals surface area contributed by atoms with Crippen LogP contribution in [0.4, 0.5) is 0 Å². The van der Waals surface area contributed by atoms with Gasteiger partial charge in [-0.1, -0.05) is 12.1 Å². The molecular formula is C12H17N2+. The van der Waals surface area contributed by atoms with Gasteiger partial charge in [-0.05, 0) is 30.5 Å². The van der Waals surface area contributed by atoms with Gasteiger partial charge in [0.15, 0.2) is 0 Å². The van der Waals surface area contributed by atoms with Crippen molar-refractivity contribution in [2.75, 3.05) is 6.54 Å². The Morgan fingerprint density at radius 3 is 2.64 bits per heavy atom. The number of rotatable bonds is 2. The molecule has 0 bridgehead atoms. The third kappa shape index (κ3) is 1.32. The van der Waals surface area contributed by atoms with Crippen molar-refractivity contribution in [3.8, 4) is 0 Å². The lowest BCUT2D eigenvalue weighted by Gasteiger charge is -2.02. The monoisotopic (exact) mass is 189 g/mol. The van der Waals surface area contributed by atoms with Crippen molar-refractivity contribution >= 4 is 10.9 Å². The summed E-state index contributed by atoms with van der Waals surface area (Å²) in [6.07, 6.45) is 3.18. The highest BCUT2D eigenvalue weighted by Gasteiger charge is 2.07. The average Bonchev–Trinajstić information content (AvgIpc) is 2.58. The molecule has 4 N–H and O–H groups in total. The number of benzene rings is 1. The molecule has 1 aromatic carbocycles. The molecule has 2 rings (SSSR count). The minimum absolute atomic E-state index is 0.959. The number of hydrogen-bond acceptors (Lipinski definition) is 0. The molecule has 1 heterocycles. The first kappa shape index (κ1) is 9.28. The first-order chi connectivity index (χ1) is 6.74. The van der Waals surface area contributed by atoms with Crippen molar-refractivity contribution < 1.29 is 5.73 Å². The molecule has 0 radical (unpaired) electrons. The van der Waals surface area contributed by atoms with Crippen molar-refractivity contribution in [1.29, 1.82) is 0 Å². The predicted octanol–water partition coefficient (Wildman–Crippen LogP) is 1.57. The van der Waals surface area contributed by atoms with Crippen molar-refractivity contribution in [3.63, 3.8) is 0 Å². The van der Waals surface area contributed by atoms with Gasteiger partial charge < -0.3 is 10.7 Å². The highest BCUT2D eigenvalue weighted by molar-refractivity contribution is 5.88. The molecule has 0 aliphatic heterocycles. The Morgan fingerprint density at radius 2 is 1.93 bits per heavy atom. The van der Waals surface area contributed by atoms with Gasteiger partial charge in [0.2, 0.25) is 0 Å². The largest absolute Gasteiger partial charge is 0.361 e. The second-order valence-electron chi connectivity index (χ2n) is 3.87. The molecular weight excluding hydrogens is 172 g/mol. The Hall–Kier alpha value is -1.28. The van der Waals surface area contributed by atoms with Crippen LogP contribution in [-0.4, -0.2) is 11.5 Å². The number of H-pyrrole nitrogens is 1. The zero-order chi connectivity index (χ0) is 10.1. The number of aromatic amines is 1. The summed E-state index contributed by atoms with van der Waals surface area (Å²) in [5, 5.41) is 1.40. The summed E-state index contributed by atoms with van der Waals surface area (Å²) in [5.74, 6) is 0. The van der Waals surface area contributed by atoms with Crippen LogP contribution >= 0.6 is 0 Å². The van der Waals surface area contributed by atoms with Gasteiger partial charge in [-0.15, -0.1) is 0 Å². The maximum Gasteiger partial charge on any atom is 0.0781 e. The number of aryl methyl sites for hydroxylation is 2. The van der Waals surface area contributed by atoms with Gasteiger partial charge in [-0.25, -0.2) is 0 Å². The summed E-state index contributed by atoms with van der Waals surface area (Å²) in [6.45, 7) is 5.27. The van der Waals surface area contributed by atoms with Gasteiger partial charge in [-0.2, -0.15) is 0 Å². The molecule has 0 aliphatic carbocycles. The number of hydrogen-bond donors (Lipinski definition) is 2. The van der Waals surface area contributed by atoms with Crippen molar-refractivity contribution in [1.82, 2.24) is 4.98 Å². The van der Waals surface area contributed by atoms with Gasteiger partial charge in [0.25, 0.3) is 0 Å². The summed E-state index contributed by atoms with van der Waals surface area (Å²) >= 11 is 0. The lowest BCUT2D eigenvalue weighted by atomic mass is 10.0. The molecule has 14 heavy (non-hydrogen) atoms. The topological polar surface area (TPSA) is 43.4 Å². The summed E-state index contributed by atoms with van der Waals surface area (Å²) in [6, 6.07) is 4.36. The number of fused-ring (bicyclic) bond motifs is 1. The van der Waals surface area contributed by atoms with E-state index in [1.165, 1.54) is 27.6 Å². The zero-order valence-corrected chi connectivity index (χ0v) is 8.85. The van der Waals surface area contributed by atoms with Crippen LogP contribution < -0.4 is 5.73 Å². The van der Waals surface area contributed by atoms with Gasteiger partial charge >= 0.3 is 0 Å². The summed E-state index contributed by atoms with van der Waals surface area (Å²) in [7, 11) is 0. The van der Waals surface area contributed by atoms with Crippen molar-refractivity contribution in [3.05, 3.63) is 35.0 Å². The fraction of sp³-hybridized carbons (Fsp3) is 0.333. The molecule has 0 saturated heterocycles. The highest BCUT2D eigenvalue weighted by atomic mass is 14.7. The fourth-order valence-electron chi connectivity index (χ4n) is 2.03. The van der Waals surface area contributed by atoms with E-state index in [0.29, 0.717) is 0 Å². The van der Waals surface area contributed by atoms with E-state index < -0.39 is 0 Å². The summed E-state index contributed by atoms with van der Waals surface area (Å²) < 4.78 is 0. The van der Waals surface area contributed by atoms with Gasteiger partial charge in [0.05, 0.1) is 6.54 Å². The van der Waals surface area contributed by atoms with Crippen molar-refractivity contribution in [2.24, 2.45) is 0 Å². The predicted molar refractivity (Wildman–Crippen MR) is 59.2 cm³/mol. The Bertz CT molecular complexity index is 455. The molecule has 0 unspecified atom stereocenters. The normalized spacial score (nSPS) is 11.1. The van der Waals surface area contributed by atoms with E-state index in [9.17, 15) is 0 Å². The van der Waals surface area contributed by atoms with Crippen LogP contribution in [0.25, 0.3) is 10.9 Å². The molecule has 0 fully saturated rings. The Balaban J connectivity index is 2.70. The highest BCUT2D eigenvalue weighted by Crippen LogP contribution is 2.24. The maximum absolute atomic E-state index is 3.91. The van der Waals surface area contributed by atoms with E-state index in [1.807, 2.05) is 0 Å². The zero-order valence-electron chi connectivity index (χ0n) is 8.85. The summed E-state index contributed by atoms with van der Waals surface area (Å²) in [4.78, 5) is 3.35. The third-order valence-electron chi connectivity index (χ3n) is 2.78. The molecule has 0 atom stereocenters. The molecule has 2 heteroatoms. The smallest absolute Gasteiger partial charge is 0.0781 e. The molecule has 0 amide bonds. The van der Waals surface area contributed by atoms with Crippen LogP contribution in [0.15, 0.2) is 18.3 Å². The number of quaternary nitrogens is 1. The molecule has 0 aliphatic rings. The quantitative estimate of drug-likeness (QED) is 0.720. The molecule has 0 spiro atoms. The van der Waals surface area contributed by atoms with E-state index in [1.54, 1.807) is 0 Å². The van der Waals surface area contributed by atoms with Crippen LogP contribution in [0, 0.1) is 13.8 Å². The fourth-order valence-corrected chi connectivity index (χ4v) is 2.03. The van der Waals surface area contributed by atoms with Gasteiger partial charge in [0.1, 0.15) is 0 Å². The van der Waals surface area contributed by atoms with Gasteiger partial charge in [-0.3, -0.25) is 0 Å². The molecule has 0 saturated carbocycles. The van der Waals surface area contributed by atoms with E-state index in [0.717, 1.165) is 13.0 Å². The van der Waals surface area contributed by atoms with E-state index in [-0.39, 0.29) is 0 Å². The Kier molecular flexibility index (Phi) is 2.30.